The maximum atomic E-state index is 13.5. The minimum Gasteiger partial charge on any atom is -0.273 e. The monoisotopic (exact) mass is 420 g/mol. The third-order valence-corrected chi connectivity index (χ3v) is 8.93. The van der Waals surface area contributed by atoms with Crippen LogP contribution in [-0.2, 0) is 31.3 Å². The van der Waals surface area contributed by atoms with Crippen molar-refractivity contribution >= 4 is 37.3 Å². The smallest absolute Gasteiger partial charge is 0.264 e. The van der Waals surface area contributed by atoms with Gasteiger partial charge in [0.15, 0.2) is 0 Å². The number of sulfonamides is 2. The predicted octanol–water partition coefficient (Wildman–Crippen LogP) is 2.20. The molecule has 0 N–H and O–H groups in total. The van der Waals surface area contributed by atoms with Crippen LogP contribution in [0.5, 0.6) is 0 Å². The number of anilines is 2. The minimum absolute atomic E-state index is 0.00320. The molecule has 0 radical (unpaired) electrons. The topological polar surface area (TPSA) is 91.8 Å². The summed E-state index contributed by atoms with van der Waals surface area (Å²) in [5.41, 5.74) is 2.13. The van der Waals surface area contributed by atoms with Gasteiger partial charge in [0.05, 0.1) is 22.0 Å². The molecule has 2 aliphatic heterocycles. The first kappa shape index (κ1) is 18.9. The number of carbonyl (C=O) groups excluding carboxylic acids is 1. The van der Waals surface area contributed by atoms with E-state index in [-0.39, 0.29) is 28.8 Å². The van der Waals surface area contributed by atoms with E-state index in [0.717, 1.165) is 5.56 Å². The van der Waals surface area contributed by atoms with Gasteiger partial charge in [-0.1, -0.05) is 24.3 Å². The zero-order valence-corrected chi connectivity index (χ0v) is 17.1. The molecule has 2 aromatic rings. The maximum absolute atomic E-state index is 13.5. The van der Waals surface area contributed by atoms with Gasteiger partial charge in [-0.2, -0.15) is 0 Å². The second kappa shape index (κ2) is 6.31. The van der Waals surface area contributed by atoms with Crippen molar-refractivity contribution in [2.24, 2.45) is 0 Å². The summed E-state index contributed by atoms with van der Waals surface area (Å²) < 4.78 is 53.6. The van der Waals surface area contributed by atoms with Crippen LogP contribution in [0.1, 0.15) is 24.5 Å². The Balaban J connectivity index is 1.85. The van der Waals surface area contributed by atoms with Crippen LogP contribution in [0.3, 0.4) is 0 Å². The third-order valence-electron chi connectivity index (χ3n) is 5.17. The highest BCUT2D eigenvalue weighted by molar-refractivity contribution is 7.94. The first-order chi connectivity index (χ1) is 13.1. The van der Waals surface area contributed by atoms with Crippen molar-refractivity contribution in [3.8, 4) is 0 Å². The lowest BCUT2D eigenvalue weighted by atomic mass is 10.1. The van der Waals surface area contributed by atoms with Gasteiger partial charge in [-0.3, -0.25) is 9.10 Å². The maximum Gasteiger partial charge on any atom is 0.264 e. The molecule has 1 atom stereocenters. The number of nitrogens with zero attached hydrogens (tertiary/aromatic N) is 2. The molecule has 2 heterocycles. The van der Waals surface area contributed by atoms with Crippen LogP contribution in [0.25, 0.3) is 0 Å². The Hall–Kier alpha value is -2.39. The van der Waals surface area contributed by atoms with Gasteiger partial charge in [0.25, 0.3) is 10.0 Å². The molecule has 1 saturated heterocycles. The van der Waals surface area contributed by atoms with Gasteiger partial charge >= 0.3 is 0 Å². The van der Waals surface area contributed by atoms with Gasteiger partial charge in [-0.05, 0) is 49.6 Å². The second-order valence-corrected chi connectivity index (χ2v) is 10.9. The van der Waals surface area contributed by atoms with Crippen LogP contribution < -0.4 is 8.61 Å². The quantitative estimate of drug-likeness (QED) is 0.759. The van der Waals surface area contributed by atoms with Crippen LogP contribution in [0, 0.1) is 6.92 Å². The fourth-order valence-corrected chi connectivity index (χ4v) is 7.26. The number of carbonyl (C=O) groups is 1. The molecular weight excluding hydrogens is 400 g/mol. The molecule has 0 saturated carbocycles. The number of hydrogen-bond donors (Lipinski definition) is 0. The fraction of sp³-hybridized carbons (Fsp3) is 0.316. The minimum atomic E-state index is -3.94. The number of rotatable bonds is 3. The van der Waals surface area contributed by atoms with Crippen LogP contribution in [0.2, 0.25) is 0 Å². The van der Waals surface area contributed by atoms with Crippen LogP contribution >= 0.6 is 0 Å². The lowest BCUT2D eigenvalue weighted by molar-refractivity contribution is -0.116. The van der Waals surface area contributed by atoms with E-state index in [1.165, 1.54) is 22.5 Å². The van der Waals surface area contributed by atoms with Crippen LogP contribution in [0.4, 0.5) is 11.4 Å². The SMILES string of the molecule is Cc1ccc(N2C(=O)CCS2(=O)=O)cc1S(=O)(=O)N1c2ccccc2CC1C. The standard InChI is InChI=1S/C19H20N2O5S2/c1-13-7-8-16(21-19(22)9-10-27(21,23)24)12-18(13)28(25,26)20-14(2)11-15-5-3-4-6-17(15)20/h3-8,12,14H,9-11H2,1-2H3. The van der Waals surface area contributed by atoms with Gasteiger partial charge in [0.1, 0.15) is 0 Å². The lowest BCUT2D eigenvalue weighted by Gasteiger charge is -2.26. The summed E-state index contributed by atoms with van der Waals surface area (Å²) in [5.74, 6) is -0.815. The number of hydrogen-bond acceptors (Lipinski definition) is 5. The number of aryl methyl sites for hydroxylation is 1. The van der Waals surface area contributed by atoms with E-state index in [0.29, 0.717) is 22.0 Å². The Morgan fingerprint density at radius 2 is 1.82 bits per heavy atom. The fourth-order valence-electron chi connectivity index (χ4n) is 3.87. The van der Waals surface area contributed by atoms with Crippen molar-refractivity contribution in [1.29, 1.82) is 0 Å². The molecule has 0 aliphatic carbocycles. The summed E-state index contributed by atoms with van der Waals surface area (Å²) in [6.45, 7) is 3.49. The Bertz CT molecular complexity index is 1190. The normalized spacial score (nSPS) is 21.2. The lowest BCUT2D eigenvalue weighted by Crippen LogP contribution is -2.36. The van der Waals surface area contributed by atoms with Crippen LogP contribution in [-0.4, -0.2) is 34.5 Å². The average Bonchev–Trinajstić information content (AvgIpc) is 3.10. The van der Waals surface area contributed by atoms with Gasteiger partial charge in [-0.25, -0.2) is 21.1 Å². The molecular formula is C19H20N2O5S2. The van der Waals surface area contributed by atoms with Gasteiger partial charge < -0.3 is 0 Å². The molecule has 2 aliphatic rings. The molecule has 2 aromatic carbocycles. The van der Waals surface area contributed by atoms with Crippen LogP contribution in [0.15, 0.2) is 47.4 Å². The van der Waals surface area contributed by atoms with Gasteiger partial charge in [-0.15, -0.1) is 0 Å². The van der Waals surface area contributed by atoms with Crippen molar-refractivity contribution in [3.05, 3.63) is 53.6 Å². The molecule has 1 amide bonds. The highest BCUT2D eigenvalue weighted by Crippen LogP contribution is 2.38. The molecule has 0 aromatic heterocycles. The number of benzene rings is 2. The molecule has 1 fully saturated rings. The second-order valence-electron chi connectivity index (χ2n) is 7.16. The Morgan fingerprint density at radius 3 is 2.50 bits per heavy atom. The van der Waals surface area contributed by atoms with Crippen molar-refractivity contribution in [3.63, 3.8) is 0 Å². The molecule has 148 valence electrons. The molecule has 7 nitrogen and oxygen atoms in total. The van der Waals surface area contributed by atoms with Crippen molar-refractivity contribution in [2.45, 2.75) is 37.6 Å². The highest BCUT2D eigenvalue weighted by Gasteiger charge is 2.39. The summed E-state index contributed by atoms with van der Waals surface area (Å²) in [6, 6.07) is 11.4. The molecule has 1 unspecified atom stereocenters. The zero-order valence-electron chi connectivity index (χ0n) is 15.5. The van der Waals surface area contributed by atoms with E-state index in [2.05, 4.69) is 0 Å². The number of fused-ring (bicyclic) bond motifs is 1. The van der Waals surface area contributed by atoms with E-state index in [1.54, 1.807) is 19.1 Å². The Kier molecular flexibility index (Phi) is 4.27. The Labute approximate surface area is 164 Å². The summed E-state index contributed by atoms with van der Waals surface area (Å²) in [7, 11) is -7.71. The average molecular weight is 421 g/mol. The van der Waals surface area contributed by atoms with E-state index in [1.807, 2.05) is 19.1 Å². The Morgan fingerprint density at radius 1 is 1.11 bits per heavy atom. The molecule has 0 bridgehead atoms. The number of amides is 1. The summed E-state index contributed by atoms with van der Waals surface area (Å²) in [5, 5.41) is 0. The molecule has 0 spiro atoms. The summed E-state index contributed by atoms with van der Waals surface area (Å²) in [6.07, 6.45) is 0.502. The predicted molar refractivity (Wildman–Crippen MR) is 106 cm³/mol. The molecule has 9 heteroatoms. The third kappa shape index (κ3) is 2.80. The van der Waals surface area contributed by atoms with Crippen molar-refractivity contribution < 1.29 is 21.6 Å². The largest absolute Gasteiger partial charge is 0.273 e. The first-order valence-corrected chi connectivity index (χ1v) is 12.0. The number of para-hydroxylation sites is 1. The summed E-state index contributed by atoms with van der Waals surface area (Å²) in [4.78, 5) is 12.1. The van der Waals surface area contributed by atoms with Crippen molar-refractivity contribution in [2.75, 3.05) is 14.4 Å². The van der Waals surface area contributed by atoms with E-state index < -0.39 is 26.0 Å². The van der Waals surface area contributed by atoms with Gasteiger partial charge in [0.2, 0.25) is 15.9 Å². The molecule has 28 heavy (non-hydrogen) atoms. The zero-order chi connectivity index (χ0) is 20.3. The summed E-state index contributed by atoms with van der Waals surface area (Å²) >= 11 is 0. The van der Waals surface area contributed by atoms with Crippen molar-refractivity contribution in [1.82, 2.24) is 0 Å². The molecule has 4 rings (SSSR count). The van der Waals surface area contributed by atoms with Gasteiger partial charge in [0, 0.05) is 12.5 Å². The first-order valence-electron chi connectivity index (χ1n) is 8.92. The van der Waals surface area contributed by atoms with E-state index >= 15 is 0 Å². The highest BCUT2D eigenvalue weighted by atomic mass is 32.2. The van der Waals surface area contributed by atoms with E-state index in [4.69, 9.17) is 0 Å². The van der Waals surface area contributed by atoms with E-state index in [9.17, 15) is 21.6 Å².